The van der Waals surface area contributed by atoms with Gasteiger partial charge in [0, 0.05) is 36.5 Å². The van der Waals surface area contributed by atoms with Crippen LogP contribution >= 0.6 is 0 Å². The molecule has 2 heterocycles. The topological polar surface area (TPSA) is 59.8 Å². The van der Waals surface area contributed by atoms with E-state index < -0.39 is 0 Å². The Morgan fingerprint density at radius 2 is 2.14 bits per heavy atom. The van der Waals surface area contributed by atoms with Crippen molar-refractivity contribution in [1.29, 1.82) is 0 Å². The van der Waals surface area contributed by atoms with Crippen LogP contribution in [0.4, 0.5) is 0 Å². The largest absolute Gasteiger partial charge is 0.497 e. The fourth-order valence-electron chi connectivity index (χ4n) is 2.75. The van der Waals surface area contributed by atoms with Crippen LogP contribution in [0, 0.1) is 6.92 Å². The highest BCUT2D eigenvalue weighted by atomic mass is 16.5. The number of benzene rings is 1. The van der Waals surface area contributed by atoms with Crippen molar-refractivity contribution in [2.45, 2.75) is 26.2 Å². The highest BCUT2D eigenvalue weighted by Crippen LogP contribution is 2.24. The van der Waals surface area contributed by atoms with Crippen LogP contribution in [-0.4, -0.2) is 31.0 Å². The molecule has 0 radical (unpaired) electrons. The SMILES string of the molecule is COc1ccc2c(C)c(CCC(=O)N3CCC3)c(=O)oc2c1. The van der Waals surface area contributed by atoms with Crippen LogP contribution in [0.2, 0.25) is 0 Å². The summed E-state index contributed by atoms with van der Waals surface area (Å²) in [7, 11) is 1.57. The minimum atomic E-state index is -0.366. The summed E-state index contributed by atoms with van der Waals surface area (Å²) < 4.78 is 10.5. The first-order valence-electron chi connectivity index (χ1n) is 7.48. The van der Waals surface area contributed by atoms with Gasteiger partial charge in [-0.1, -0.05) is 0 Å². The molecule has 1 aliphatic heterocycles. The third-order valence-electron chi connectivity index (χ3n) is 4.29. The molecule has 116 valence electrons. The molecule has 0 spiro atoms. The number of aryl methyl sites for hydroxylation is 1. The van der Waals surface area contributed by atoms with Gasteiger partial charge in [-0.15, -0.1) is 0 Å². The molecular weight excluding hydrogens is 282 g/mol. The zero-order valence-electron chi connectivity index (χ0n) is 12.8. The number of methoxy groups -OCH3 is 1. The third-order valence-corrected chi connectivity index (χ3v) is 4.29. The summed E-state index contributed by atoms with van der Waals surface area (Å²) in [5.41, 5.74) is 1.62. The van der Waals surface area contributed by atoms with Gasteiger partial charge in [0.15, 0.2) is 0 Å². The molecule has 0 unspecified atom stereocenters. The monoisotopic (exact) mass is 301 g/mol. The molecule has 1 saturated heterocycles. The zero-order valence-corrected chi connectivity index (χ0v) is 12.8. The van der Waals surface area contributed by atoms with Crippen LogP contribution in [0.5, 0.6) is 5.75 Å². The van der Waals surface area contributed by atoms with E-state index in [9.17, 15) is 9.59 Å². The highest BCUT2D eigenvalue weighted by Gasteiger charge is 2.21. The Labute approximate surface area is 128 Å². The fourth-order valence-corrected chi connectivity index (χ4v) is 2.75. The molecule has 1 aromatic carbocycles. The van der Waals surface area contributed by atoms with Gasteiger partial charge in [-0.05, 0) is 37.5 Å². The summed E-state index contributed by atoms with van der Waals surface area (Å²) in [6.45, 7) is 3.57. The minimum absolute atomic E-state index is 0.111. The molecule has 0 N–H and O–H groups in total. The quantitative estimate of drug-likeness (QED) is 0.813. The van der Waals surface area contributed by atoms with E-state index in [-0.39, 0.29) is 11.5 Å². The van der Waals surface area contributed by atoms with Crippen LogP contribution in [-0.2, 0) is 11.2 Å². The number of ether oxygens (including phenoxy) is 1. The molecule has 1 fully saturated rings. The van der Waals surface area contributed by atoms with Crippen molar-refractivity contribution in [2.24, 2.45) is 0 Å². The predicted molar refractivity (Wildman–Crippen MR) is 83.3 cm³/mol. The number of amides is 1. The van der Waals surface area contributed by atoms with Crippen LogP contribution in [0.25, 0.3) is 11.0 Å². The predicted octanol–water partition coefficient (Wildman–Crippen LogP) is 2.27. The maximum absolute atomic E-state index is 12.2. The second kappa shape index (κ2) is 5.83. The lowest BCUT2D eigenvalue weighted by atomic mass is 10.0. The van der Waals surface area contributed by atoms with Crippen LogP contribution in [0.15, 0.2) is 27.4 Å². The second-order valence-electron chi connectivity index (χ2n) is 5.59. The van der Waals surface area contributed by atoms with E-state index in [2.05, 4.69) is 0 Å². The Balaban J connectivity index is 1.89. The van der Waals surface area contributed by atoms with E-state index in [1.165, 1.54) is 0 Å². The molecule has 22 heavy (non-hydrogen) atoms. The summed E-state index contributed by atoms with van der Waals surface area (Å²) >= 11 is 0. The Hall–Kier alpha value is -2.30. The zero-order chi connectivity index (χ0) is 15.7. The van der Waals surface area contributed by atoms with Gasteiger partial charge in [-0.3, -0.25) is 4.79 Å². The molecule has 0 bridgehead atoms. The van der Waals surface area contributed by atoms with Gasteiger partial charge in [0.25, 0.3) is 0 Å². The summed E-state index contributed by atoms with van der Waals surface area (Å²) in [4.78, 5) is 26.0. The molecule has 2 aromatic rings. The maximum atomic E-state index is 12.2. The number of hydrogen-bond donors (Lipinski definition) is 0. The molecule has 1 aromatic heterocycles. The Morgan fingerprint density at radius 3 is 2.77 bits per heavy atom. The Bertz CT molecular complexity index is 774. The van der Waals surface area contributed by atoms with Crippen molar-refractivity contribution in [3.8, 4) is 5.75 Å². The molecule has 5 nitrogen and oxygen atoms in total. The molecule has 0 aliphatic carbocycles. The van der Waals surface area contributed by atoms with Crippen molar-refractivity contribution >= 4 is 16.9 Å². The van der Waals surface area contributed by atoms with Gasteiger partial charge in [0.2, 0.25) is 5.91 Å². The van der Waals surface area contributed by atoms with E-state index in [0.717, 1.165) is 30.5 Å². The average molecular weight is 301 g/mol. The smallest absolute Gasteiger partial charge is 0.339 e. The lowest BCUT2D eigenvalue weighted by Crippen LogP contribution is -2.42. The first kappa shape index (κ1) is 14.6. The number of carbonyl (C=O) groups excluding carboxylic acids is 1. The molecule has 3 rings (SSSR count). The van der Waals surface area contributed by atoms with E-state index in [4.69, 9.17) is 9.15 Å². The van der Waals surface area contributed by atoms with Gasteiger partial charge in [0.1, 0.15) is 11.3 Å². The van der Waals surface area contributed by atoms with Gasteiger partial charge < -0.3 is 14.1 Å². The second-order valence-corrected chi connectivity index (χ2v) is 5.59. The standard InChI is InChI=1S/C17H19NO4/c1-11-13-5-4-12(21-2)10-15(13)22-17(20)14(11)6-7-16(19)18-8-3-9-18/h4-5,10H,3,6-9H2,1-2H3. The molecule has 0 atom stereocenters. The van der Waals surface area contributed by atoms with E-state index in [0.29, 0.717) is 29.7 Å². The van der Waals surface area contributed by atoms with E-state index >= 15 is 0 Å². The van der Waals surface area contributed by atoms with Gasteiger partial charge in [-0.25, -0.2) is 4.79 Å². The minimum Gasteiger partial charge on any atom is -0.497 e. The number of nitrogens with zero attached hydrogens (tertiary/aromatic N) is 1. The van der Waals surface area contributed by atoms with Crippen molar-refractivity contribution in [3.63, 3.8) is 0 Å². The summed E-state index contributed by atoms with van der Waals surface area (Å²) in [5, 5.41) is 0.881. The summed E-state index contributed by atoms with van der Waals surface area (Å²) in [5.74, 6) is 0.760. The highest BCUT2D eigenvalue weighted by molar-refractivity contribution is 5.83. The Kier molecular flexibility index (Phi) is 3.88. The number of hydrogen-bond acceptors (Lipinski definition) is 4. The number of carbonyl (C=O) groups is 1. The van der Waals surface area contributed by atoms with Crippen LogP contribution < -0.4 is 10.4 Å². The molecule has 5 heteroatoms. The first-order valence-corrected chi connectivity index (χ1v) is 7.48. The van der Waals surface area contributed by atoms with Crippen LogP contribution in [0.3, 0.4) is 0 Å². The molecule has 0 saturated carbocycles. The van der Waals surface area contributed by atoms with Crippen molar-refractivity contribution in [3.05, 3.63) is 39.7 Å². The van der Waals surface area contributed by atoms with Crippen molar-refractivity contribution < 1.29 is 13.9 Å². The lowest BCUT2D eigenvalue weighted by Gasteiger charge is -2.30. The average Bonchev–Trinajstić information content (AvgIpc) is 2.44. The van der Waals surface area contributed by atoms with Crippen LogP contribution in [0.1, 0.15) is 24.0 Å². The van der Waals surface area contributed by atoms with Crippen molar-refractivity contribution in [2.75, 3.05) is 20.2 Å². The maximum Gasteiger partial charge on any atom is 0.339 e. The number of fused-ring (bicyclic) bond motifs is 1. The summed E-state index contributed by atoms with van der Waals surface area (Å²) in [6, 6.07) is 5.43. The Morgan fingerprint density at radius 1 is 1.36 bits per heavy atom. The molecule has 1 aliphatic rings. The fraction of sp³-hybridized carbons (Fsp3) is 0.412. The lowest BCUT2D eigenvalue weighted by molar-refractivity contribution is -0.134. The van der Waals surface area contributed by atoms with E-state index in [1.54, 1.807) is 13.2 Å². The molecular formula is C17H19NO4. The number of rotatable bonds is 4. The number of likely N-dealkylation sites (tertiary alicyclic amines) is 1. The van der Waals surface area contributed by atoms with Gasteiger partial charge >= 0.3 is 5.63 Å². The first-order chi connectivity index (χ1) is 10.6. The normalized spacial score (nSPS) is 14.0. The van der Waals surface area contributed by atoms with Crippen molar-refractivity contribution in [1.82, 2.24) is 4.90 Å². The van der Waals surface area contributed by atoms with Gasteiger partial charge in [-0.2, -0.15) is 0 Å². The third kappa shape index (κ3) is 2.58. The van der Waals surface area contributed by atoms with Gasteiger partial charge in [0.05, 0.1) is 7.11 Å². The van der Waals surface area contributed by atoms with E-state index in [1.807, 2.05) is 24.0 Å². The molecule has 1 amide bonds. The summed E-state index contributed by atoms with van der Waals surface area (Å²) in [6.07, 6.45) is 1.85.